The van der Waals surface area contributed by atoms with Gasteiger partial charge in [-0.15, -0.1) is 0 Å². The molecule has 94 valence electrons. The van der Waals surface area contributed by atoms with Crippen LogP contribution in [0.1, 0.15) is 19.3 Å². The average molecular weight is 237 g/mol. The summed E-state index contributed by atoms with van der Waals surface area (Å²) in [5.41, 5.74) is 0.184. The SMILES string of the molecule is CO.FC1CC2(C1)CN(CC1CC1(F)F)C2. The zero-order valence-corrected chi connectivity index (χ0v) is 9.43. The predicted octanol–water partition coefficient (Wildman–Crippen LogP) is 1.68. The van der Waals surface area contributed by atoms with Gasteiger partial charge in [0.1, 0.15) is 6.17 Å². The van der Waals surface area contributed by atoms with E-state index < -0.39 is 18.0 Å². The summed E-state index contributed by atoms with van der Waals surface area (Å²) in [6.45, 7) is 2.21. The number of halogens is 3. The molecule has 5 heteroatoms. The molecule has 0 aromatic heterocycles. The lowest BCUT2D eigenvalue weighted by molar-refractivity contribution is -0.106. The first kappa shape index (κ1) is 12.2. The highest BCUT2D eigenvalue weighted by atomic mass is 19.3. The van der Waals surface area contributed by atoms with Crippen molar-refractivity contribution in [1.82, 2.24) is 4.90 Å². The smallest absolute Gasteiger partial charge is 0.252 e. The van der Waals surface area contributed by atoms with Gasteiger partial charge in [-0.3, -0.25) is 0 Å². The molecular weight excluding hydrogens is 219 g/mol. The summed E-state index contributed by atoms with van der Waals surface area (Å²) in [5, 5.41) is 7.00. The van der Waals surface area contributed by atoms with Crippen LogP contribution in [0, 0.1) is 11.3 Å². The normalized spacial score (nSPS) is 34.7. The topological polar surface area (TPSA) is 23.5 Å². The number of aliphatic hydroxyl groups excluding tert-OH is 1. The van der Waals surface area contributed by atoms with E-state index in [2.05, 4.69) is 4.90 Å². The van der Waals surface area contributed by atoms with E-state index in [1.807, 2.05) is 0 Å². The molecule has 0 radical (unpaired) electrons. The lowest BCUT2D eigenvalue weighted by Gasteiger charge is -2.57. The van der Waals surface area contributed by atoms with Gasteiger partial charge in [-0.2, -0.15) is 0 Å². The van der Waals surface area contributed by atoms with E-state index in [0.29, 0.717) is 19.4 Å². The number of rotatable bonds is 2. The maximum atomic E-state index is 12.6. The minimum atomic E-state index is -2.40. The molecule has 3 fully saturated rings. The van der Waals surface area contributed by atoms with Crippen LogP contribution in [0.2, 0.25) is 0 Å². The Morgan fingerprint density at radius 2 is 1.69 bits per heavy atom. The number of alkyl halides is 3. The molecule has 2 nitrogen and oxygen atoms in total. The molecule has 1 unspecified atom stereocenters. The number of hydrogen-bond donors (Lipinski definition) is 1. The number of aliphatic hydroxyl groups is 1. The molecule has 0 aromatic carbocycles. The van der Waals surface area contributed by atoms with Crippen LogP contribution in [-0.2, 0) is 0 Å². The molecule has 1 atom stereocenters. The van der Waals surface area contributed by atoms with E-state index in [-0.39, 0.29) is 11.8 Å². The highest BCUT2D eigenvalue weighted by Crippen LogP contribution is 2.53. The lowest BCUT2D eigenvalue weighted by Crippen LogP contribution is -2.63. The lowest BCUT2D eigenvalue weighted by atomic mass is 9.62. The van der Waals surface area contributed by atoms with Crippen molar-refractivity contribution in [1.29, 1.82) is 0 Å². The number of nitrogens with zero attached hydrogens (tertiary/aromatic N) is 1. The van der Waals surface area contributed by atoms with Crippen LogP contribution in [0.3, 0.4) is 0 Å². The summed E-state index contributed by atoms with van der Waals surface area (Å²) >= 11 is 0. The van der Waals surface area contributed by atoms with Gasteiger partial charge in [-0.25, -0.2) is 13.2 Å². The molecule has 1 heterocycles. The van der Waals surface area contributed by atoms with Gasteiger partial charge in [0.15, 0.2) is 0 Å². The van der Waals surface area contributed by atoms with E-state index in [1.54, 1.807) is 0 Å². The van der Waals surface area contributed by atoms with Crippen molar-refractivity contribution < 1.29 is 18.3 Å². The Labute approximate surface area is 93.4 Å². The quantitative estimate of drug-likeness (QED) is 0.790. The van der Waals surface area contributed by atoms with Crippen LogP contribution in [0.4, 0.5) is 13.2 Å². The summed E-state index contributed by atoms with van der Waals surface area (Å²) in [6, 6.07) is 0. The Bertz CT molecular complexity index is 258. The monoisotopic (exact) mass is 237 g/mol. The zero-order chi connectivity index (χ0) is 12.0. The van der Waals surface area contributed by atoms with Crippen LogP contribution >= 0.6 is 0 Å². The van der Waals surface area contributed by atoms with Crippen LogP contribution < -0.4 is 0 Å². The number of likely N-dealkylation sites (tertiary alicyclic amines) is 1. The fourth-order valence-corrected chi connectivity index (χ4v) is 2.95. The zero-order valence-electron chi connectivity index (χ0n) is 9.43. The van der Waals surface area contributed by atoms with Crippen molar-refractivity contribution in [2.75, 3.05) is 26.7 Å². The molecule has 0 bridgehead atoms. The van der Waals surface area contributed by atoms with Crippen LogP contribution in [0.25, 0.3) is 0 Å². The van der Waals surface area contributed by atoms with Gasteiger partial charge >= 0.3 is 0 Å². The van der Waals surface area contributed by atoms with Gasteiger partial charge in [0.05, 0.1) is 0 Å². The van der Waals surface area contributed by atoms with Crippen molar-refractivity contribution in [3.8, 4) is 0 Å². The maximum Gasteiger partial charge on any atom is 0.252 e. The molecule has 3 rings (SSSR count). The highest BCUT2D eigenvalue weighted by molar-refractivity contribution is 5.07. The molecule has 1 saturated heterocycles. The fraction of sp³-hybridized carbons (Fsp3) is 1.00. The molecule has 0 amide bonds. The first-order valence-electron chi connectivity index (χ1n) is 5.68. The Hall–Kier alpha value is -0.290. The molecule has 2 aliphatic carbocycles. The van der Waals surface area contributed by atoms with Crippen LogP contribution in [-0.4, -0.2) is 48.8 Å². The van der Waals surface area contributed by atoms with Crippen LogP contribution in [0.5, 0.6) is 0 Å². The van der Waals surface area contributed by atoms with Gasteiger partial charge in [0, 0.05) is 44.5 Å². The average Bonchev–Trinajstić information content (AvgIpc) is 2.71. The van der Waals surface area contributed by atoms with E-state index >= 15 is 0 Å². The first-order chi connectivity index (χ1) is 7.49. The van der Waals surface area contributed by atoms with Crippen molar-refractivity contribution in [3.63, 3.8) is 0 Å². The molecular formula is C11H18F3NO. The third-order valence-electron chi connectivity index (χ3n) is 3.86. The minimum Gasteiger partial charge on any atom is -0.400 e. The van der Waals surface area contributed by atoms with Crippen molar-refractivity contribution in [3.05, 3.63) is 0 Å². The first-order valence-corrected chi connectivity index (χ1v) is 5.68. The summed E-state index contributed by atoms with van der Waals surface area (Å²) in [7, 11) is 1.00. The Morgan fingerprint density at radius 3 is 2.06 bits per heavy atom. The van der Waals surface area contributed by atoms with Crippen molar-refractivity contribution in [2.45, 2.75) is 31.4 Å². The second-order valence-corrected chi connectivity index (χ2v) is 5.34. The molecule has 1 aliphatic heterocycles. The fourth-order valence-electron chi connectivity index (χ4n) is 2.95. The molecule has 3 aliphatic rings. The number of hydrogen-bond acceptors (Lipinski definition) is 2. The minimum absolute atomic E-state index is 0.0578. The van der Waals surface area contributed by atoms with Gasteiger partial charge in [0.25, 0.3) is 5.92 Å². The largest absolute Gasteiger partial charge is 0.400 e. The Morgan fingerprint density at radius 1 is 1.19 bits per heavy atom. The van der Waals surface area contributed by atoms with E-state index in [9.17, 15) is 13.2 Å². The van der Waals surface area contributed by atoms with Gasteiger partial charge < -0.3 is 10.0 Å². The maximum absolute atomic E-state index is 12.6. The third kappa shape index (κ3) is 2.07. The van der Waals surface area contributed by atoms with Gasteiger partial charge in [0.2, 0.25) is 0 Å². The van der Waals surface area contributed by atoms with E-state index in [1.165, 1.54) is 0 Å². The summed E-state index contributed by atoms with van der Waals surface area (Å²) in [4.78, 5) is 2.05. The third-order valence-corrected chi connectivity index (χ3v) is 3.86. The summed E-state index contributed by atoms with van der Waals surface area (Å²) in [5.74, 6) is -2.81. The Balaban J connectivity index is 0.000000457. The molecule has 16 heavy (non-hydrogen) atoms. The summed E-state index contributed by atoms with van der Waals surface area (Å²) in [6.07, 6.45) is 0.747. The van der Waals surface area contributed by atoms with Gasteiger partial charge in [-0.1, -0.05) is 0 Å². The second-order valence-electron chi connectivity index (χ2n) is 5.34. The molecule has 2 saturated carbocycles. The second kappa shape index (κ2) is 3.88. The predicted molar refractivity (Wildman–Crippen MR) is 54.2 cm³/mol. The van der Waals surface area contributed by atoms with E-state index in [4.69, 9.17) is 5.11 Å². The molecule has 1 N–H and O–H groups in total. The van der Waals surface area contributed by atoms with Crippen molar-refractivity contribution >= 4 is 0 Å². The highest BCUT2D eigenvalue weighted by Gasteiger charge is 2.60. The standard InChI is InChI=1S/C10H14F3N.CH4O/c11-8-2-9(3-8)5-14(6-9)4-7-1-10(7,12)13;1-2/h7-8H,1-6H2;2H,1H3. The molecule has 1 spiro atoms. The summed E-state index contributed by atoms with van der Waals surface area (Å²) < 4.78 is 37.8. The Kier molecular flexibility index (Phi) is 2.95. The van der Waals surface area contributed by atoms with E-state index in [0.717, 1.165) is 20.2 Å². The molecule has 0 aromatic rings. The van der Waals surface area contributed by atoms with Crippen LogP contribution in [0.15, 0.2) is 0 Å². The van der Waals surface area contributed by atoms with Gasteiger partial charge in [-0.05, 0) is 12.8 Å². The van der Waals surface area contributed by atoms with Crippen molar-refractivity contribution in [2.24, 2.45) is 11.3 Å².